The van der Waals surface area contributed by atoms with E-state index in [-0.39, 0.29) is 21.6 Å². The maximum absolute atomic E-state index is 13.1. The lowest BCUT2D eigenvalue weighted by molar-refractivity contribution is -0.396. The average molecular weight is 419 g/mol. The van der Waals surface area contributed by atoms with Crippen LogP contribution in [0.15, 0.2) is 0 Å². The molecule has 0 aromatic heterocycles. The van der Waals surface area contributed by atoms with E-state index in [1.165, 1.54) is 41.5 Å². The SMILES string of the molecule is CC(C)c1c(N(C)C(=O)C(F)(F)F)c(C(C)C)c([N+](=O)[O-])c(C(C)C)c1[N+](=O)[O-]. The molecule has 8 nitrogen and oxygen atoms in total. The van der Waals surface area contributed by atoms with Crippen LogP contribution in [0.3, 0.4) is 0 Å². The molecule has 162 valence electrons. The molecule has 1 aromatic rings. The van der Waals surface area contributed by atoms with E-state index in [2.05, 4.69) is 0 Å². The first-order chi connectivity index (χ1) is 13.1. The summed E-state index contributed by atoms with van der Waals surface area (Å²) < 4.78 is 39.4. The van der Waals surface area contributed by atoms with E-state index in [1.54, 1.807) is 0 Å². The normalized spacial score (nSPS) is 12.0. The number of halogens is 3. The molecule has 0 aliphatic carbocycles. The van der Waals surface area contributed by atoms with Crippen LogP contribution in [0.4, 0.5) is 30.2 Å². The van der Waals surface area contributed by atoms with Gasteiger partial charge in [0.15, 0.2) is 0 Å². The van der Waals surface area contributed by atoms with Gasteiger partial charge in [0.2, 0.25) is 0 Å². The Kier molecular flexibility index (Phi) is 6.99. The maximum atomic E-state index is 13.1. The van der Waals surface area contributed by atoms with Crippen LogP contribution in [0.25, 0.3) is 0 Å². The van der Waals surface area contributed by atoms with E-state index in [1.807, 2.05) is 0 Å². The van der Waals surface area contributed by atoms with Crippen LogP contribution in [0.5, 0.6) is 0 Å². The van der Waals surface area contributed by atoms with Gasteiger partial charge in [-0.15, -0.1) is 0 Å². The molecule has 0 saturated carbocycles. The molecule has 1 aromatic carbocycles. The first-order valence-electron chi connectivity index (χ1n) is 8.92. The molecule has 0 fully saturated rings. The maximum Gasteiger partial charge on any atom is 0.471 e. The molecule has 0 atom stereocenters. The van der Waals surface area contributed by atoms with E-state index in [4.69, 9.17) is 0 Å². The van der Waals surface area contributed by atoms with Crippen molar-refractivity contribution in [2.24, 2.45) is 0 Å². The number of carbonyl (C=O) groups is 1. The summed E-state index contributed by atoms with van der Waals surface area (Å²) in [5.41, 5.74) is -2.10. The van der Waals surface area contributed by atoms with Gasteiger partial charge in [-0.3, -0.25) is 25.0 Å². The third kappa shape index (κ3) is 4.48. The molecule has 29 heavy (non-hydrogen) atoms. The monoisotopic (exact) mass is 419 g/mol. The quantitative estimate of drug-likeness (QED) is 0.453. The van der Waals surface area contributed by atoms with E-state index >= 15 is 0 Å². The van der Waals surface area contributed by atoms with Crippen molar-refractivity contribution in [2.75, 3.05) is 11.9 Å². The summed E-state index contributed by atoms with van der Waals surface area (Å²) in [6.45, 7) is 9.17. The number of alkyl halides is 3. The van der Waals surface area contributed by atoms with Gasteiger partial charge >= 0.3 is 12.1 Å². The number of nitrogens with zero attached hydrogens (tertiary/aromatic N) is 3. The van der Waals surface area contributed by atoms with Crippen LogP contribution in [-0.2, 0) is 4.79 Å². The van der Waals surface area contributed by atoms with E-state index < -0.39 is 56.7 Å². The predicted molar refractivity (Wildman–Crippen MR) is 101 cm³/mol. The molecule has 11 heteroatoms. The number of benzene rings is 1. The third-order valence-corrected chi connectivity index (χ3v) is 4.51. The highest BCUT2D eigenvalue weighted by molar-refractivity contribution is 6.00. The second-order valence-corrected chi connectivity index (χ2v) is 7.63. The first kappa shape index (κ1) is 24.3. The molecule has 0 spiro atoms. The summed E-state index contributed by atoms with van der Waals surface area (Å²) in [6.07, 6.45) is -5.25. The summed E-state index contributed by atoms with van der Waals surface area (Å²) in [5, 5.41) is 23.8. The lowest BCUT2D eigenvalue weighted by Crippen LogP contribution is -2.40. The van der Waals surface area contributed by atoms with Crippen LogP contribution < -0.4 is 4.90 Å². The van der Waals surface area contributed by atoms with Gasteiger partial charge < -0.3 is 4.90 Å². The molecule has 0 aliphatic heterocycles. The molecule has 0 unspecified atom stereocenters. The van der Waals surface area contributed by atoms with Gasteiger partial charge in [-0.05, 0) is 17.8 Å². The Balaban J connectivity index is 4.38. The Bertz CT molecular complexity index is 801. The van der Waals surface area contributed by atoms with Crippen molar-refractivity contribution in [1.82, 2.24) is 0 Å². The molecule has 0 aliphatic rings. The zero-order valence-electron chi connectivity index (χ0n) is 17.2. The molecule has 0 saturated heterocycles. The number of amides is 1. The summed E-state index contributed by atoms with van der Waals surface area (Å²) >= 11 is 0. The van der Waals surface area contributed by atoms with Gasteiger partial charge in [0.1, 0.15) is 5.56 Å². The van der Waals surface area contributed by atoms with Gasteiger partial charge in [0.25, 0.3) is 11.4 Å². The topological polar surface area (TPSA) is 107 Å². The van der Waals surface area contributed by atoms with Gasteiger partial charge in [0.05, 0.1) is 26.7 Å². The highest BCUT2D eigenvalue weighted by atomic mass is 19.4. The number of hydrogen-bond acceptors (Lipinski definition) is 5. The highest BCUT2D eigenvalue weighted by Crippen LogP contribution is 2.51. The molecular formula is C18H24F3N3O5. The third-order valence-electron chi connectivity index (χ3n) is 4.51. The first-order valence-corrected chi connectivity index (χ1v) is 8.92. The highest BCUT2D eigenvalue weighted by Gasteiger charge is 2.46. The second kappa shape index (κ2) is 8.34. The van der Waals surface area contributed by atoms with Gasteiger partial charge in [0, 0.05) is 7.05 Å². The number of carbonyl (C=O) groups excluding carboxylic acids is 1. The van der Waals surface area contributed by atoms with Crippen molar-refractivity contribution < 1.29 is 27.8 Å². The predicted octanol–water partition coefficient (Wildman–Crippen LogP) is 5.40. The van der Waals surface area contributed by atoms with Crippen LogP contribution in [-0.4, -0.2) is 29.0 Å². The molecule has 0 N–H and O–H groups in total. The van der Waals surface area contributed by atoms with E-state index in [0.29, 0.717) is 0 Å². The van der Waals surface area contributed by atoms with Gasteiger partial charge in [-0.2, -0.15) is 13.2 Å². The van der Waals surface area contributed by atoms with Crippen LogP contribution >= 0.6 is 0 Å². The molecule has 0 bridgehead atoms. The fourth-order valence-corrected chi connectivity index (χ4v) is 3.46. The van der Waals surface area contributed by atoms with Crippen molar-refractivity contribution in [3.63, 3.8) is 0 Å². The average Bonchev–Trinajstić information content (AvgIpc) is 2.55. The molecule has 1 amide bonds. The minimum atomic E-state index is -5.25. The number of nitro benzene ring substituents is 2. The molecule has 1 rings (SSSR count). The lowest BCUT2D eigenvalue weighted by Gasteiger charge is -2.29. The number of hydrogen-bond donors (Lipinski definition) is 0. The number of rotatable bonds is 6. The second-order valence-electron chi connectivity index (χ2n) is 7.63. The Morgan fingerprint density at radius 2 is 1.14 bits per heavy atom. The fraction of sp³-hybridized carbons (Fsp3) is 0.611. The Morgan fingerprint density at radius 1 is 0.828 bits per heavy atom. The van der Waals surface area contributed by atoms with Gasteiger partial charge in [-0.1, -0.05) is 41.5 Å². The fourth-order valence-electron chi connectivity index (χ4n) is 3.46. The van der Waals surface area contributed by atoms with Crippen LogP contribution in [0.1, 0.15) is 76.0 Å². The smallest absolute Gasteiger partial charge is 0.307 e. The lowest BCUT2D eigenvalue weighted by atomic mass is 9.83. The Hall–Kier alpha value is -2.72. The Morgan fingerprint density at radius 3 is 1.34 bits per heavy atom. The van der Waals surface area contributed by atoms with E-state index in [0.717, 1.165) is 7.05 Å². The van der Waals surface area contributed by atoms with Crippen LogP contribution in [0.2, 0.25) is 0 Å². The minimum Gasteiger partial charge on any atom is -0.307 e. The number of nitro groups is 2. The summed E-state index contributed by atoms with van der Waals surface area (Å²) in [5.74, 6) is -4.26. The van der Waals surface area contributed by atoms with Crippen molar-refractivity contribution in [1.29, 1.82) is 0 Å². The summed E-state index contributed by atoms with van der Waals surface area (Å²) in [6, 6.07) is 0. The van der Waals surface area contributed by atoms with Crippen molar-refractivity contribution >= 4 is 23.0 Å². The minimum absolute atomic E-state index is 0.131. The van der Waals surface area contributed by atoms with E-state index in [9.17, 15) is 38.2 Å². The summed E-state index contributed by atoms with van der Waals surface area (Å²) in [4.78, 5) is 34.4. The largest absolute Gasteiger partial charge is 0.471 e. The van der Waals surface area contributed by atoms with Crippen molar-refractivity contribution in [3.8, 4) is 0 Å². The zero-order valence-corrected chi connectivity index (χ0v) is 17.2. The van der Waals surface area contributed by atoms with Crippen LogP contribution in [0, 0.1) is 20.2 Å². The number of anilines is 1. The molecule has 0 heterocycles. The zero-order chi connectivity index (χ0) is 23.0. The van der Waals surface area contributed by atoms with Gasteiger partial charge in [-0.25, -0.2) is 0 Å². The Labute approximate surface area is 166 Å². The standard InChI is InChI=1S/C18H24F3N3O5/c1-8(2)11-14(22(7)17(25)18(19,20)21)12(9(3)4)16(24(28)29)13(10(5)6)15(11)23(26)27/h8-10H,1-7H3. The summed E-state index contributed by atoms with van der Waals surface area (Å²) in [7, 11) is 0.825. The molecular weight excluding hydrogens is 395 g/mol. The van der Waals surface area contributed by atoms with Crippen molar-refractivity contribution in [2.45, 2.75) is 65.5 Å². The molecule has 0 radical (unpaired) electrons. The van der Waals surface area contributed by atoms with Crippen molar-refractivity contribution in [3.05, 3.63) is 36.9 Å².